The van der Waals surface area contributed by atoms with Crippen LogP contribution in [0.2, 0.25) is 0 Å². The van der Waals surface area contributed by atoms with E-state index in [1.54, 1.807) is 13.2 Å². The first-order chi connectivity index (χ1) is 20.5. The molecule has 0 bridgehead atoms. The molecule has 230 valence electrons. The Labute approximate surface area is 249 Å². The Hall–Kier alpha value is -2.92. The van der Waals surface area contributed by atoms with Gasteiger partial charge in [-0.05, 0) is 91.8 Å². The third-order valence-electron chi connectivity index (χ3n) is 9.36. The van der Waals surface area contributed by atoms with Crippen LogP contribution in [0.15, 0.2) is 24.3 Å². The lowest BCUT2D eigenvalue weighted by molar-refractivity contribution is -0.385. The number of anilines is 1. The summed E-state index contributed by atoms with van der Waals surface area (Å²) in [5.74, 6) is 1.18. The number of nitro benzene ring substituents is 1. The van der Waals surface area contributed by atoms with E-state index in [9.17, 15) is 10.1 Å². The maximum Gasteiger partial charge on any atom is 0.311 e. The van der Waals surface area contributed by atoms with Gasteiger partial charge in [0.2, 0.25) is 0 Å². The van der Waals surface area contributed by atoms with E-state index in [4.69, 9.17) is 24.7 Å². The highest BCUT2D eigenvalue weighted by molar-refractivity contribution is 5.57. The molecule has 0 amide bonds. The molecule has 10 nitrogen and oxygen atoms in total. The summed E-state index contributed by atoms with van der Waals surface area (Å²) in [6, 6.07) is 9.02. The van der Waals surface area contributed by atoms with E-state index >= 15 is 0 Å². The van der Waals surface area contributed by atoms with E-state index in [-0.39, 0.29) is 10.6 Å². The highest BCUT2D eigenvalue weighted by atomic mass is 16.6. The molecule has 6 rings (SSSR count). The van der Waals surface area contributed by atoms with Crippen molar-refractivity contribution in [2.24, 2.45) is 0 Å². The van der Waals surface area contributed by atoms with E-state index in [2.05, 4.69) is 21.9 Å². The van der Waals surface area contributed by atoms with Crippen molar-refractivity contribution in [2.45, 2.75) is 63.5 Å². The van der Waals surface area contributed by atoms with Gasteiger partial charge in [0.05, 0.1) is 51.3 Å². The van der Waals surface area contributed by atoms with E-state index in [0.717, 1.165) is 108 Å². The van der Waals surface area contributed by atoms with Crippen LogP contribution >= 0.6 is 0 Å². The summed E-state index contributed by atoms with van der Waals surface area (Å²) >= 11 is 0. The van der Waals surface area contributed by atoms with Crippen molar-refractivity contribution in [2.75, 3.05) is 72.6 Å². The summed E-state index contributed by atoms with van der Waals surface area (Å²) in [4.78, 5) is 15.9. The molecule has 10 heteroatoms. The molecule has 2 atom stereocenters. The second-order valence-corrected chi connectivity index (χ2v) is 11.7. The molecule has 2 N–H and O–H groups in total. The van der Waals surface area contributed by atoms with Gasteiger partial charge in [0.1, 0.15) is 5.75 Å². The van der Waals surface area contributed by atoms with E-state index in [1.807, 2.05) is 6.07 Å². The number of methoxy groups -OCH3 is 2. The van der Waals surface area contributed by atoms with Crippen molar-refractivity contribution >= 4 is 11.4 Å². The number of hydrogen-bond donors (Lipinski definition) is 1. The third-order valence-corrected chi connectivity index (χ3v) is 9.36. The first-order valence-electron chi connectivity index (χ1n) is 15.4. The van der Waals surface area contributed by atoms with Crippen molar-refractivity contribution in [1.29, 1.82) is 0 Å². The number of fused-ring (bicyclic) bond motifs is 2. The number of rotatable bonds is 5. The second kappa shape index (κ2) is 14.5. The fourth-order valence-corrected chi connectivity index (χ4v) is 6.95. The van der Waals surface area contributed by atoms with Crippen molar-refractivity contribution in [1.82, 2.24) is 9.80 Å². The largest absolute Gasteiger partial charge is 0.495 e. The molecule has 2 unspecified atom stereocenters. The maximum atomic E-state index is 11.2. The van der Waals surface area contributed by atoms with Crippen LogP contribution in [0.5, 0.6) is 11.5 Å². The molecule has 0 spiro atoms. The van der Waals surface area contributed by atoms with Crippen LogP contribution in [-0.2, 0) is 35.2 Å². The van der Waals surface area contributed by atoms with Crippen molar-refractivity contribution < 1.29 is 23.9 Å². The SMILES string of the molecule is COc1cc2c(cc1N)CCC(N1CCOCC1)CC2.COc1cc2c(cc1[N+](=O)[O-])CCC(N1CCOCC1)CC2. The molecule has 2 heterocycles. The first-order valence-corrected chi connectivity index (χ1v) is 15.4. The Morgan fingerprint density at radius 2 is 1.12 bits per heavy atom. The van der Waals surface area contributed by atoms with E-state index in [0.29, 0.717) is 17.8 Å². The van der Waals surface area contributed by atoms with Gasteiger partial charge in [0.15, 0.2) is 5.75 Å². The van der Waals surface area contributed by atoms with Crippen molar-refractivity contribution in [3.8, 4) is 11.5 Å². The molecule has 0 saturated carbocycles. The molecule has 4 aliphatic rings. The van der Waals surface area contributed by atoms with Gasteiger partial charge in [-0.15, -0.1) is 0 Å². The minimum atomic E-state index is -0.358. The van der Waals surface area contributed by atoms with Gasteiger partial charge in [0.25, 0.3) is 0 Å². The topological polar surface area (TPSA) is 113 Å². The Kier molecular flexibility index (Phi) is 10.5. The lowest BCUT2D eigenvalue weighted by Crippen LogP contribution is -2.43. The average Bonchev–Trinajstić information content (AvgIpc) is 3.37. The number of nitrogens with zero attached hydrogens (tertiary/aromatic N) is 3. The second-order valence-electron chi connectivity index (χ2n) is 11.7. The summed E-state index contributed by atoms with van der Waals surface area (Å²) in [6.07, 6.45) is 8.66. The van der Waals surface area contributed by atoms with Gasteiger partial charge >= 0.3 is 5.69 Å². The Balaban J connectivity index is 0.000000169. The standard InChI is InChI=1S/C16H22N2O4.C16H24N2O2/c1-21-16-11-13-3-5-14(17-6-8-22-9-7-17)4-2-12(13)10-15(16)18(19)20;1-19-16-11-13-3-5-14(18-6-8-20-9-7-18)4-2-12(13)10-15(16)17/h10-11,14H,2-9H2,1H3;10-11,14H,2-9,17H2,1H3. The van der Waals surface area contributed by atoms with Gasteiger partial charge in [-0.25, -0.2) is 0 Å². The highest BCUT2D eigenvalue weighted by Crippen LogP contribution is 2.35. The quantitative estimate of drug-likeness (QED) is 0.242. The molecule has 42 heavy (non-hydrogen) atoms. The number of nitrogens with two attached hydrogens (primary N) is 1. The Morgan fingerprint density at radius 1 is 0.714 bits per heavy atom. The summed E-state index contributed by atoms with van der Waals surface area (Å²) in [6.45, 7) is 7.51. The number of hydrogen-bond acceptors (Lipinski definition) is 9. The first kappa shape index (κ1) is 30.5. The normalized spacial score (nSPS) is 23.3. The summed E-state index contributed by atoms with van der Waals surface area (Å²) in [5.41, 5.74) is 12.0. The molecule has 2 aromatic carbocycles. The minimum absolute atomic E-state index is 0.0751. The molecule has 2 aliphatic carbocycles. The molecular formula is C32H46N4O6. The van der Waals surface area contributed by atoms with Crippen molar-refractivity contribution in [3.05, 3.63) is 56.6 Å². The van der Waals surface area contributed by atoms with Gasteiger partial charge in [-0.3, -0.25) is 19.9 Å². The molecule has 0 radical (unpaired) electrons. The van der Waals surface area contributed by atoms with Crippen LogP contribution in [0.1, 0.15) is 47.9 Å². The molecule has 2 fully saturated rings. The number of nitro groups is 1. The summed E-state index contributed by atoms with van der Waals surface area (Å²) in [5, 5.41) is 11.2. The summed E-state index contributed by atoms with van der Waals surface area (Å²) in [7, 11) is 3.17. The smallest absolute Gasteiger partial charge is 0.311 e. The zero-order valence-electron chi connectivity index (χ0n) is 25.1. The predicted molar refractivity (Wildman–Crippen MR) is 163 cm³/mol. The van der Waals surface area contributed by atoms with Crippen molar-refractivity contribution in [3.63, 3.8) is 0 Å². The molecule has 0 aromatic heterocycles. The number of aryl methyl sites for hydroxylation is 4. The summed E-state index contributed by atoms with van der Waals surface area (Å²) < 4.78 is 21.4. The lowest BCUT2D eigenvalue weighted by atomic mass is 10.0. The highest BCUT2D eigenvalue weighted by Gasteiger charge is 2.27. The predicted octanol–water partition coefficient (Wildman–Crippen LogP) is 4.04. The molecule has 2 saturated heterocycles. The van der Waals surface area contributed by atoms with Crippen LogP contribution in [0.3, 0.4) is 0 Å². The molecular weight excluding hydrogens is 536 g/mol. The number of nitrogen functional groups attached to an aromatic ring is 1. The van der Waals surface area contributed by atoms with E-state index < -0.39 is 0 Å². The fourth-order valence-electron chi connectivity index (χ4n) is 6.95. The molecule has 2 aromatic rings. The van der Waals surface area contributed by atoms with Gasteiger partial charge in [0, 0.05) is 44.3 Å². The van der Waals surface area contributed by atoms with E-state index in [1.165, 1.54) is 36.6 Å². The zero-order valence-corrected chi connectivity index (χ0v) is 25.1. The van der Waals surface area contributed by atoms with Gasteiger partial charge < -0.3 is 24.7 Å². The lowest BCUT2D eigenvalue weighted by Gasteiger charge is -2.33. The van der Waals surface area contributed by atoms with Crippen LogP contribution in [0.25, 0.3) is 0 Å². The Bertz CT molecular complexity index is 1210. The maximum absolute atomic E-state index is 11.2. The molecule has 2 aliphatic heterocycles. The number of morpholine rings is 2. The van der Waals surface area contributed by atoms with Crippen LogP contribution < -0.4 is 15.2 Å². The van der Waals surface area contributed by atoms with Gasteiger partial charge in [-0.2, -0.15) is 0 Å². The average molecular weight is 583 g/mol. The van der Waals surface area contributed by atoms with Crippen LogP contribution in [0.4, 0.5) is 11.4 Å². The number of benzene rings is 2. The third kappa shape index (κ3) is 7.34. The Morgan fingerprint density at radius 3 is 1.55 bits per heavy atom. The zero-order chi connectivity index (χ0) is 29.5. The van der Waals surface area contributed by atoms with Crippen LogP contribution in [-0.4, -0.2) is 93.6 Å². The van der Waals surface area contributed by atoms with Gasteiger partial charge in [-0.1, -0.05) is 0 Å². The monoisotopic (exact) mass is 582 g/mol. The fraction of sp³-hybridized carbons (Fsp3) is 0.625. The minimum Gasteiger partial charge on any atom is -0.495 e. The van der Waals surface area contributed by atoms with Crippen LogP contribution in [0, 0.1) is 10.1 Å². The number of ether oxygens (including phenoxy) is 4.